The summed E-state index contributed by atoms with van der Waals surface area (Å²) in [6, 6.07) is 0. The van der Waals surface area contributed by atoms with Crippen LogP contribution in [0.25, 0.3) is 0 Å². The number of halogens is 3. The van der Waals surface area contributed by atoms with E-state index < -0.39 is 9.82 Å². The van der Waals surface area contributed by atoms with Gasteiger partial charge in [-0.2, -0.15) is 0 Å². The van der Waals surface area contributed by atoms with E-state index in [1.54, 1.807) is 0 Å². The van der Waals surface area contributed by atoms with Crippen LogP contribution < -0.4 is 5.73 Å². The SMILES string of the molecule is NC=O.[I][Pb]([I])[I]. The van der Waals surface area contributed by atoms with Crippen LogP contribution in [0.15, 0.2) is 0 Å². The summed E-state index contributed by atoms with van der Waals surface area (Å²) in [4.78, 5) is 8.58. The molecule has 0 bridgehead atoms. The molecule has 0 aromatic carbocycles. The molecule has 6 heteroatoms. The third kappa shape index (κ3) is 55.8. The first-order valence-corrected chi connectivity index (χ1v) is 33.9. The molecule has 0 heterocycles. The van der Waals surface area contributed by atoms with E-state index in [1.165, 1.54) is 0 Å². The molecule has 0 aliphatic rings. The maximum absolute atomic E-state index is 8.58. The van der Waals surface area contributed by atoms with Gasteiger partial charge in [0.2, 0.25) is 6.41 Å². The molecule has 2 nitrogen and oxygen atoms in total. The zero-order valence-corrected chi connectivity index (χ0v) is 13.6. The summed E-state index contributed by atoms with van der Waals surface area (Å²) in [6.07, 6.45) is 0.250. The van der Waals surface area contributed by atoms with Crippen LogP contribution in [0, 0.1) is 0 Å². The van der Waals surface area contributed by atoms with Crippen molar-refractivity contribution in [1.29, 1.82) is 0 Å². The molecule has 0 spiro atoms. The van der Waals surface area contributed by atoms with Crippen molar-refractivity contribution in [2.45, 2.75) is 0 Å². The van der Waals surface area contributed by atoms with E-state index in [0.29, 0.717) is 0 Å². The molecule has 0 unspecified atom stereocenters. The van der Waals surface area contributed by atoms with Crippen molar-refractivity contribution in [2.75, 3.05) is 0 Å². The second-order valence-electron chi connectivity index (χ2n) is 0.350. The minimum atomic E-state index is -0.747. The van der Waals surface area contributed by atoms with Crippen LogP contribution in [0.2, 0.25) is 0 Å². The van der Waals surface area contributed by atoms with E-state index in [4.69, 9.17) is 4.79 Å². The molecular weight excluding hydrogens is 630 g/mol. The van der Waals surface area contributed by atoms with Gasteiger partial charge in [-0.3, -0.25) is 4.79 Å². The molecular formula is CH3I3NOPb. The third-order valence-electron chi connectivity index (χ3n) is 0. The fourth-order valence-corrected chi connectivity index (χ4v) is 0. The molecule has 0 rings (SSSR count). The number of primary amides is 1. The Hall–Kier alpha value is 2.58. The molecule has 0 aliphatic carbocycles. The average Bonchev–Trinajstić information content (AvgIpc) is 1.33. The van der Waals surface area contributed by atoms with Crippen LogP contribution in [0.5, 0.6) is 0 Å². The third-order valence-corrected chi connectivity index (χ3v) is 0. The van der Waals surface area contributed by atoms with Gasteiger partial charge in [-0.15, -0.1) is 0 Å². The summed E-state index contributed by atoms with van der Waals surface area (Å²) in [5.41, 5.74) is 4.17. The van der Waals surface area contributed by atoms with Gasteiger partial charge in [0.25, 0.3) is 0 Å². The fraction of sp³-hybridized carbons (Fsp3) is 0. The van der Waals surface area contributed by atoms with Crippen LogP contribution in [-0.2, 0) is 4.79 Å². The minimum absolute atomic E-state index is 0.250. The quantitative estimate of drug-likeness (QED) is 0.245. The van der Waals surface area contributed by atoms with Gasteiger partial charge < -0.3 is 5.73 Å². The zero-order valence-electron chi connectivity index (χ0n) is 3.20. The number of nitrogens with two attached hydrogens (primary N) is 1. The van der Waals surface area contributed by atoms with E-state index in [-0.39, 0.29) is 6.41 Å². The molecule has 0 aromatic heterocycles. The van der Waals surface area contributed by atoms with Crippen molar-refractivity contribution < 1.29 is 4.79 Å². The molecule has 0 aliphatic heterocycles. The van der Waals surface area contributed by atoms with E-state index in [2.05, 4.69) is 59.0 Å². The molecule has 1 radical (unpaired) electrons. The molecule has 1 amide bonds. The Morgan fingerprint density at radius 1 is 1.43 bits per heavy atom. The fourth-order valence-electron chi connectivity index (χ4n) is 0. The van der Waals surface area contributed by atoms with E-state index in [1.807, 2.05) is 0 Å². The molecule has 0 saturated heterocycles. The zero-order chi connectivity index (χ0) is 6.28. The Morgan fingerprint density at radius 2 is 1.43 bits per heavy atom. The normalized spacial score (nSPS) is 6.86. The number of hydrogen-bond acceptors (Lipinski definition) is 1. The first-order valence-electron chi connectivity index (χ1n) is 1.14. The number of carbonyl (C=O) groups excluding carboxylic acids is 1. The van der Waals surface area contributed by atoms with Gasteiger partial charge in [0.05, 0.1) is 0 Å². The van der Waals surface area contributed by atoms with Gasteiger partial charge in [0.1, 0.15) is 0 Å². The summed E-state index contributed by atoms with van der Waals surface area (Å²) in [7, 11) is -0.747. The second-order valence-corrected chi connectivity index (χ2v) is 84.8. The van der Waals surface area contributed by atoms with E-state index in [9.17, 15) is 0 Å². The van der Waals surface area contributed by atoms with E-state index in [0.717, 1.165) is 0 Å². The Balaban J connectivity index is 0. The van der Waals surface area contributed by atoms with Crippen molar-refractivity contribution in [3.63, 3.8) is 0 Å². The van der Waals surface area contributed by atoms with Crippen LogP contribution in [-0.4, -0.2) is 16.2 Å². The molecule has 7 heavy (non-hydrogen) atoms. The van der Waals surface area contributed by atoms with Crippen molar-refractivity contribution in [1.82, 2.24) is 0 Å². The topological polar surface area (TPSA) is 43.1 Å². The summed E-state index contributed by atoms with van der Waals surface area (Å²) >= 11 is 7.59. The molecule has 2 N–H and O–H groups in total. The summed E-state index contributed by atoms with van der Waals surface area (Å²) in [5, 5.41) is 0. The summed E-state index contributed by atoms with van der Waals surface area (Å²) in [5.74, 6) is 0. The molecule has 0 fully saturated rings. The Bertz CT molecular complexity index is 39.2. The molecule has 0 saturated carbocycles. The predicted octanol–water partition coefficient (Wildman–Crippen LogP) is 1.38. The average molecular weight is 633 g/mol. The number of rotatable bonds is 0. The number of carbonyl (C=O) groups is 1. The maximum atomic E-state index is 8.58. The van der Waals surface area contributed by atoms with Crippen molar-refractivity contribution in [3.8, 4) is 0 Å². The van der Waals surface area contributed by atoms with Gasteiger partial charge in [0, 0.05) is 0 Å². The van der Waals surface area contributed by atoms with Gasteiger partial charge in [-0.05, 0) is 0 Å². The van der Waals surface area contributed by atoms with Gasteiger partial charge in [-0.25, -0.2) is 0 Å². The predicted molar refractivity (Wildman–Crippen MR) is 58.1 cm³/mol. The van der Waals surface area contributed by atoms with Crippen LogP contribution in [0.4, 0.5) is 0 Å². The Kier molecular flexibility index (Phi) is 20.0. The molecule has 0 atom stereocenters. The molecule has 43 valence electrons. The van der Waals surface area contributed by atoms with Crippen LogP contribution in [0.3, 0.4) is 0 Å². The second kappa shape index (κ2) is 11.4. The number of hydrogen-bond donors (Lipinski definition) is 1. The van der Waals surface area contributed by atoms with Crippen LogP contribution >= 0.6 is 53.3 Å². The van der Waals surface area contributed by atoms with Crippen molar-refractivity contribution in [3.05, 3.63) is 0 Å². The monoisotopic (exact) mass is 634 g/mol. The summed E-state index contributed by atoms with van der Waals surface area (Å²) < 4.78 is 0. The standard InChI is InChI=1S/CH3NO.3HI.Pb/c2-1-3;;;;/h1H,(H2,2,3);3*1H;/q;;;;+3/p-3. The van der Waals surface area contributed by atoms with Crippen LogP contribution in [0.1, 0.15) is 0 Å². The Labute approximate surface area is 77.8 Å². The number of amides is 1. The van der Waals surface area contributed by atoms with E-state index >= 15 is 0 Å². The molecule has 0 aromatic rings. The van der Waals surface area contributed by atoms with Gasteiger partial charge in [0.15, 0.2) is 0 Å². The van der Waals surface area contributed by atoms with Gasteiger partial charge >= 0.3 is 63.1 Å². The summed E-state index contributed by atoms with van der Waals surface area (Å²) in [6.45, 7) is 0. The Morgan fingerprint density at radius 3 is 1.43 bits per heavy atom. The van der Waals surface area contributed by atoms with Crippen molar-refractivity contribution in [2.24, 2.45) is 5.73 Å². The first kappa shape index (κ1) is 12.3. The van der Waals surface area contributed by atoms with Gasteiger partial charge in [-0.1, -0.05) is 0 Å². The van der Waals surface area contributed by atoms with Crippen molar-refractivity contribution >= 4 is 69.5 Å². The first-order chi connectivity index (χ1) is 3.15.